The highest BCUT2D eigenvalue weighted by Gasteiger charge is 2.32. The van der Waals surface area contributed by atoms with Gasteiger partial charge in [-0.25, -0.2) is 0 Å². The van der Waals surface area contributed by atoms with Crippen LogP contribution in [0.1, 0.15) is 16.7 Å². The number of rotatable bonds is 9. The summed E-state index contributed by atoms with van der Waals surface area (Å²) in [6.45, 7) is 0. The Kier molecular flexibility index (Phi) is 13.5. The van der Waals surface area contributed by atoms with E-state index in [0.717, 1.165) is 27.5 Å². The summed E-state index contributed by atoms with van der Waals surface area (Å²) in [6.07, 6.45) is 0.355. The van der Waals surface area contributed by atoms with Gasteiger partial charge in [0.1, 0.15) is 29.9 Å². The highest BCUT2D eigenvalue weighted by molar-refractivity contribution is 8.16. The van der Waals surface area contributed by atoms with Gasteiger partial charge in [-0.2, -0.15) is 0 Å². The Morgan fingerprint density at radius 2 is 1.33 bits per heavy atom. The van der Waals surface area contributed by atoms with Crippen molar-refractivity contribution in [3.8, 4) is 5.75 Å². The average molecular weight is 743 g/mol. The number of hydrogen-bond donors (Lipinski definition) is 7. The van der Waals surface area contributed by atoms with Crippen molar-refractivity contribution in [1.29, 1.82) is 0 Å². The Morgan fingerprint density at radius 1 is 0.731 bits per heavy atom. The average Bonchev–Trinajstić information content (AvgIpc) is 3.14. The van der Waals surface area contributed by atoms with Crippen molar-refractivity contribution in [2.45, 2.75) is 49.5 Å². The molecule has 0 aromatic heterocycles. The number of aromatic hydroxyl groups is 1. The van der Waals surface area contributed by atoms with Gasteiger partial charge in [0.2, 0.25) is 29.5 Å². The highest BCUT2D eigenvalue weighted by atomic mass is 32.2. The Labute approximate surface area is 310 Å². The van der Waals surface area contributed by atoms with E-state index in [0.29, 0.717) is 5.08 Å². The molecule has 5 rings (SSSR count). The lowest BCUT2D eigenvalue weighted by Crippen LogP contribution is -2.60. The van der Waals surface area contributed by atoms with Crippen LogP contribution in [0.3, 0.4) is 0 Å². The molecule has 0 saturated carbocycles. The lowest BCUT2D eigenvalue weighted by molar-refractivity contribution is -0.134. The number of thioether (sulfide) groups is 2. The first kappa shape index (κ1) is 38.2. The molecule has 12 nitrogen and oxygen atoms in total. The van der Waals surface area contributed by atoms with Gasteiger partial charge in [0.25, 0.3) is 0 Å². The lowest BCUT2D eigenvalue weighted by atomic mass is 9.99. The number of hydrogen-bond acceptors (Lipinski definition) is 9. The van der Waals surface area contributed by atoms with Crippen LogP contribution < -0.4 is 32.7 Å². The molecule has 1 aliphatic heterocycles. The zero-order valence-corrected chi connectivity index (χ0v) is 30.0. The lowest BCUT2D eigenvalue weighted by Gasteiger charge is -2.26. The van der Waals surface area contributed by atoms with E-state index < -0.39 is 59.7 Å². The van der Waals surface area contributed by atoms with Crippen LogP contribution in [-0.4, -0.2) is 81.4 Å². The zero-order valence-electron chi connectivity index (χ0n) is 28.3. The second-order valence-corrected chi connectivity index (χ2v) is 15.0. The van der Waals surface area contributed by atoms with Crippen molar-refractivity contribution in [1.82, 2.24) is 21.3 Å². The third kappa shape index (κ3) is 11.0. The molecule has 0 spiro atoms. The van der Waals surface area contributed by atoms with Gasteiger partial charge in [0.15, 0.2) is 0 Å². The van der Waals surface area contributed by atoms with E-state index in [1.54, 1.807) is 12.1 Å². The van der Waals surface area contributed by atoms with Crippen molar-refractivity contribution in [2.24, 2.45) is 11.5 Å². The molecule has 5 atom stereocenters. The minimum atomic E-state index is -1.14. The predicted octanol–water partition coefficient (Wildman–Crippen LogP) is 1.76. The van der Waals surface area contributed by atoms with Crippen molar-refractivity contribution < 1.29 is 29.1 Å². The summed E-state index contributed by atoms with van der Waals surface area (Å²) in [7, 11) is 0. The predicted molar refractivity (Wildman–Crippen MR) is 204 cm³/mol. The van der Waals surface area contributed by atoms with Crippen LogP contribution >= 0.6 is 23.5 Å². The van der Waals surface area contributed by atoms with Gasteiger partial charge in [-0.3, -0.25) is 24.0 Å². The number of nitrogens with two attached hydrogens (primary N) is 2. The van der Waals surface area contributed by atoms with E-state index in [9.17, 15) is 29.1 Å². The largest absolute Gasteiger partial charge is 0.508 e. The maximum atomic E-state index is 14.1. The van der Waals surface area contributed by atoms with Crippen LogP contribution in [0.15, 0.2) is 97.1 Å². The SMILES string of the molecule is NC(=O)[C@H]1CSCSC[C@H](NC(=O)[C@@H](N)Cc2ccc(O)cc2)C(=O)N[C@@H](Cc2ccccc2)C(=O)N[C@@H](Cc2ccc3ccccc3c2)C(=O)N1. The smallest absolute Gasteiger partial charge is 0.244 e. The summed E-state index contributed by atoms with van der Waals surface area (Å²) in [4.78, 5) is 67.5. The molecule has 9 N–H and O–H groups in total. The minimum Gasteiger partial charge on any atom is -0.508 e. The minimum absolute atomic E-state index is 0.0835. The number of nitrogens with one attached hydrogen (secondary N) is 4. The molecule has 4 aromatic rings. The molecule has 0 bridgehead atoms. The molecule has 5 amide bonds. The van der Waals surface area contributed by atoms with Gasteiger partial charge >= 0.3 is 0 Å². The molecule has 0 radical (unpaired) electrons. The number of phenols is 1. The summed E-state index contributed by atoms with van der Waals surface area (Å²) in [5.74, 6) is -2.73. The van der Waals surface area contributed by atoms with Gasteiger partial charge < -0.3 is 37.8 Å². The van der Waals surface area contributed by atoms with Crippen molar-refractivity contribution in [3.63, 3.8) is 0 Å². The zero-order chi connectivity index (χ0) is 37.0. The Bertz CT molecular complexity index is 1880. The number of fused-ring (bicyclic) bond motifs is 1. The first-order chi connectivity index (χ1) is 25.0. The van der Waals surface area contributed by atoms with Crippen LogP contribution in [-0.2, 0) is 43.2 Å². The summed E-state index contributed by atoms with van der Waals surface area (Å²) >= 11 is 2.67. The Morgan fingerprint density at radius 3 is 2.04 bits per heavy atom. The summed E-state index contributed by atoms with van der Waals surface area (Å²) in [6, 6.07) is 23.6. The summed E-state index contributed by atoms with van der Waals surface area (Å²) in [5, 5.41) is 23.1. The van der Waals surface area contributed by atoms with Gasteiger partial charge in [0.05, 0.1) is 6.04 Å². The summed E-state index contributed by atoms with van der Waals surface area (Å²) in [5.41, 5.74) is 14.2. The van der Waals surface area contributed by atoms with E-state index in [1.807, 2.05) is 72.8 Å². The fourth-order valence-corrected chi connectivity index (χ4v) is 7.91. The van der Waals surface area contributed by atoms with Crippen molar-refractivity contribution >= 4 is 63.8 Å². The normalized spacial score (nSPS) is 21.1. The molecule has 1 fully saturated rings. The molecule has 14 heteroatoms. The number of primary amides is 1. The molecule has 1 saturated heterocycles. The third-order valence-corrected chi connectivity index (χ3v) is 11.0. The number of amides is 5. The van der Waals surface area contributed by atoms with Gasteiger partial charge in [0, 0.05) is 29.4 Å². The monoisotopic (exact) mass is 742 g/mol. The topological polar surface area (TPSA) is 206 Å². The van der Waals surface area contributed by atoms with E-state index >= 15 is 0 Å². The van der Waals surface area contributed by atoms with E-state index in [1.165, 1.54) is 35.7 Å². The van der Waals surface area contributed by atoms with Crippen LogP contribution in [0.25, 0.3) is 10.8 Å². The third-order valence-electron chi connectivity index (χ3n) is 8.56. The maximum Gasteiger partial charge on any atom is 0.244 e. The molecule has 272 valence electrons. The van der Waals surface area contributed by atoms with Gasteiger partial charge in [-0.05, 0) is 46.0 Å². The maximum absolute atomic E-state index is 14.1. The highest BCUT2D eigenvalue weighted by Crippen LogP contribution is 2.19. The van der Waals surface area contributed by atoms with Gasteiger partial charge in [-0.1, -0.05) is 84.9 Å². The quantitative estimate of drug-likeness (QED) is 0.133. The molecule has 52 heavy (non-hydrogen) atoms. The Hall–Kier alpha value is -5.05. The van der Waals surface area contributed by atoms with Crippen LogP contribution in [0, 0.1) is 0 Å². The molecule has 0 aliphatic carbocycles. The Balaban J connectivity index is 1.41. The fourth-order valence-electron chi connectivity index (χ4n) is 5.71. The van der Waals surface area contributed by atoms with E-state index in [-0.39, 0.29) is 36.5 Å². The standard InChI is InChI=1S/C38H42N6O6S2/c39-29(17-24-11-14-28(45)15-12-24)35(47)44-33-21-52-22-51-20-32(34(40)46)43-37(49)31(19-25-10-13-26-8-4-5-9-27(26)16-25)41-36(48)30(42-38(33)50)18-23-6-2-1-3-7-23/h1-16,29-33,45H,17-22,39H2,(H2,40,46)(H,41,48)(H,42,50)(H,43,49)(H,44,47)/t29-,30-,31-,32+,33-/m0/s1. The molecule has 1 heterocycles. The molecule has 1 aliphatic rings. The number of benzene rings is 4. The number of carbonyl (C=O) groups is 5. The van der Waals surface area contributed by atoms with Crippen LogP contribution in [0.4, 0.5) is 0 Å². The first-order valence-corrected chi connectivity index (χ1v) is 19.1. The molecular formula is C38H42N6O6S2. The van der Waals surface area contributed by atoms with Crippen molar-refractivity contribution in [2.75, 3.05) is 16.6 Å². The molecule has 4 aromatic carbocycles. The molecule has 0 unspecified atom stereocenters. The fraction of sp³-hybridized carbons (Fsp3) is 0.289. The van der Waals surface area contributed by atoms with Crippen LogP contribution in [0.2, 0.25) is 0 Å². The van der Waals surface area contributed by atoms with E-state index in [2.05, 4.69) is 21.3 Å². The van der Waals surface area contributed by atoms with E-state index in [4.69, 9.17) is 11.5 Å². The first-order valence-electron chi connectivity index (χ1n) is 16.8. The summed E-state index contributed by atoms with van der Waals surface area (Å²) < 4.78 is 0. The second-order valence-electron chi connectivity index (χ2n) is 12.6. The number of carbonyl (C=O) groups excluding carboxylic acids is 5. The number of phenolic OH excluding ortho intramolecular Hbond substituents is 1. The van der Waals surface area contributed by atoms with Crippen molar-refractivity contribution in [3.05, 3.63) is 114 Å². The second kappa shape index (κ2) is 18.4. The van der Waals surface area contributed by atoms with Crippen LogP contribution in [0.5, 0.6) is 5.75 Å². The van der Waals surface area contributed by atoms with Gasteiger partial charge in [-0.15, -0.1) is 23.5 Å². The molecular weight excluding hydrogens is 701 g/mol.